The van der Waals surface area contributed by atoms with Crippen molar-refractivity contribution in [2.24, 2.45) is 0 Å². The number of aliphatic carboxylic acids is 1. The first-order valence-corrected chi connectivity index (χ1v) is 7.11. The quantitative estimate of drug-likeness (QED) is 0.371. The van der Waals surface area contributed by atoms with E-state index in [2.05, 4.69) is 16.8 Å². The molecular formula is C13H11ClN3NaO2S. The number of carboxylic acid groups (broad SMARTS) is 1. The van der Waals surface area contributed by atoms with Crippen LogP contribution in [0, 0.1) is 0 Å². The van der Waals surface area contributed by atoms with E-state index in [4.69, 9.17) is 11.6 Å². The molecule has 8 heteroatoms. The molecule has 0 aliphatic heterocycles. The van der Waals surface area contributed by atoms with Gasteiger partial charge in [0.05, 0.1) is 5.97 Å². The van der Waals surface area contributed by atoms with E-state index in [1.807, 2.05) is 12.1 Å². The SMILES string of the molecule is C=CCn1c(SCC(=O)[O-])nnc1-c1ccc(Cl)cc1.[Na+]. The third-order valence-electron chi connectivity index (χ3n) is 2.45. The first-order valence-electron chi connectivity index (χ1n) is 5.74. The van der Waals surface area contributed by atoms with Crippen LogP contribution in [0.1, 0.15) is 0 Å². The Hall–Kier alpha value is -0.790. The fourth-order valence-electron chi connectivity index (χ4n) is 1.63. The summed E-state index contributed by atoms with van der Waals surface area (Å²) >= 11 is 6.92. The first kappa shape index (κ1) is 18.3. The molecule has 0 radical (unpaired) electrons. The smallest absolute Gasteiger partial charge is 0.549 e. The van der Waals surface area contributed by atoms with Gasteiger partial charge in [-0.1, -0.05) is 29.4 Å². The average molecular weight is 332 g/mol. The second-order valence-electron chi connectivity index (χ2n) is 3.87. The van der Waals surface area contributed by atoms with Crippen molar-refractivity contribution in [1.29, 1.82) is 0 Å². The van der Waals surface area contributed by atoms with Crippen LogP contribution < -0.4 is 34.7 Å². The van der Waals surface area contributed by atoms with E-state index in [9.17, 15) is 9.90 Å². The van der Waals surface area contributed by atoms with E-state index in [1.54, 1.807) is 22.8 Å². The molecule has 5 nitrogen and oxygen atoms in total. The molecule has 0 saturated carbocycles. The number of carboxylic acids is 1. The number of rotatable bonds is 6. The van der Waals surface area contributed by atoms with Gasteiger partial charge in [0.2, 0.25) is 0 Å². The van der Waals surface area contributed by atoms with Crippen LogP contribution in [-0.2, 0) is 11.3 Å². The van der Waals surface area contributed by atoms with Crippen LogP contribution in [0.5, 0.6) is 0 Å². The summed E-state index contributed by atoms with van der Waals surface area (Å²) < 4.78 is 1.80. The summed E-state index contributed by atoms with van der Waals surface area (Å²) in [7, 11) is 0. The maximum atomic E-state index is 10.5. The van der Waals surface area contributed by atoms with E-state index in [1.165, 1.54) is 0 Å². The molecule has 0 atom stereocenters. The number of carbonyl (C=O) groups excluding carboxylic acids is 1. The summed E-state index contributed by atoms with van der Waals surface area (Å²) in [6, 6.07) is 7.19. The van der Waals surface area contributed by atoms with Gasteiger partial charge in [0.25, 0.3) is 0 Å². The number of thioether (sulfide) groups is 1. The van der Waals surface area contributed by atoms with E-state index < -0.39 is 5.97 Å². The van der Waals surface area contributed by atoms with Crippen LogP contribution in [0.2, 0.25) is 5.02 Å². The minimum Gasteiger partial charge on any atom is -0.549 e. The van der Waals surface area contributed by atoms with E-state index in [0.29, 0.717) is 22.5 Å². The number of halogens is 1. The number of hydrogen-bond acceptors (Lipinski definition) is 5. The molecule has 0 spiro atoms. The summed E-state index contributed by atoms with van der Waals surface area (Å²) in [4.78, 5) is 10.5. The molecule has 1 aromatic heterocycles. The van der Waals surface area contributed by atoms with Crippen LogP contribution in [-0.4, -0.2) is 26.5 Å². The largest absolute Gasteiger partial charge is 1.00 e. The fraction of sp³-hybridized carbons (Fsp3) is 0.154. The number of nitrogens with zero attached hydrogens (tertiary/aromatic N) is 3. The average Bonchev–Trinajstić information content (AvgIpc) is 2.81. The van der Waals surface area contributed by atoms with Crippen molar-refractivity contribution in [2.45, 2.75) is 11.7 Å². The van der Waals surface area contributed by atoms with E-state index >= 15 is 0 Å². The Morgan fingerprint density at radius 2 is 2.05 bits per heavy atom. The summed E-state index contributed by atoms with van der Waals surface area (Å²) in [5.41, 5.74) is 0.851. The molecular weight excluding hydrogens is 321 g/mol. The monoisotopic (exact) mass is 331 g/mol. The molecule has 104 valence electrons. The Kier molecular flexibility index (Phi) is 7.48. The van der Waals surface area contributed by atoms with Crippen molar-refractivity contribution in [3.05, 3.63) is 41.9 Å². The van der Waals surface area contributed by atoms with Gasteiger partial charge in [-0.3, -0.25) is 4.57 Å². The third kappa shape index (κ3) is 4.86. The molecule has 2 rings (SSSR count). The zero-order valence-corrected chi connectivity index (χ0v) is 15.0. The van der Waals surface area contributed by atoms with Gasteiger partial charge in [0.15, 0.2) is 11.0 Å². The normalized spacial score (nSPS) is 9.95. The topological polar surface area (TPSA) is 70.8 Å². The Labute approximate surface area is 153 Å². The summed E-state index contributed by atoms with van der Waals surface area (Å²) in [6.07, 6.45) is 1.70. The number of allylic oxidation sites excluding steroid dienone is 1. The molecule has 1 aromatic carbocycles. The Morgan fingerprint density at radius 1 is 1.38 bits per heavy atom. The molecule has 21 heavy (non-hydrogen) atoms. The van der Waals surface area contributed by atoms with E-state index in [0.717, 1.165) is 17.3 Å². The molecule has 0 N–H and O–H groups in total. The van der Waals surface area contributed by atoms with Gasteiger partial charge in [-0.2, -0.15) is 0 Å². The zero-order chi connectivity index (χ0) is 14.5. The van der Waals surface area contributed by atoms with Crippen molar-refractivity contribution >= 4 is 29.3 Å². The molecule has 0 amide bonds. The molecule has 1 heterocycles. The molecule has 2 aromatic rings. The van der Waals surface area contributed by atoms with Crippen molar-refractivity contribution in [1.82, 2.24) is 14.8 Å². The molecule has 0 aliphatic carbocycles. The van der Waals surface area contributed by atoms with Crippen LogP contribution in [0.4, 0.5) is 0 Å². The summed E-state index contributed by atoms with van der Waals surface area (Å²) in [6.45, 7) is 4.17. The van der Waals surface area contributed by atoms with Gasteiger partial charge in [0, 0.05) is 22.9 Å². The van der Waals surface area contributed by atoms with Crippen LogP contribution >= 0.6 is 23.4 Å². The maximum absolute atomic E-state index is 10.5. The van der Waals surface area contributed by atoms with Gasteiger partial charge in [-0.15, -0.1) is 16.8 Å². The second kappa shape index (κ2) is 8.60. The van der Waals surface area contributed by atoms with Crippen LogP contribution in [0.15, 0.2) is 42.1 Å². The van der Waals surface area contributed by atoms with Gasteiger partial charge < -0.3 is 9.90 Å². The van der Waals surface area contributed by atoms with Crippen molar-refractivity contribution in [3.63, 3.8) is 0 Å². The van der Waals surface area contributed by atoms with Gasteiger partial charge in [0.1, 0.15) is 0 Å². The van der Waals surface area contributed by atoms with Crippen molar-refractivity contribution in [3.8, 4) is 11.4 Å². The van der Waals surface area contributed by atoms with Crippen molar-refractivity contribution in [2.75, 3.05) is 5.75 Å². The van der Waals surface area contributed by atoms with Crippen molar-refractivity contribution < 1.29 is 39.5 Å². The van der Waals surface area contributed by atoms with Crippen LogP contribution in [0.3, 0.4) is 0 Å². The second-order valence-corrected chi connectivity index (χ2v) is 5.25. The predicted octanol–water partition coefficient (Wildman–Crippen LogP) is -1.37. The molecule has 0 bridgehead atoms. The summed E-state index contributed by atoms with van der Waals surface area (Å²) in [5, 5.41) is 19.8. The van der Waals surface area contributed by atoms with Gasteiger partial charge in [-0.05, 0) is 24.3 Å². The Balaban J connectivity index is 0.00000220. The van der Waals surface area contributed by atoms with E-state index in [-0.39, 0.29) is 35.3 Å². The minimum atomic E-state index is -1.14. The predicted molar refractivity (Wildman–Crippen MR) is 76.4 cm³/mol. The fourth-order valence-corrected chi connectivity index (χ4v) is 2.41. The molecule has 0 aliphatic rings. The number of carbonyl (C=O) groups is 1. The number of benzene rings is 1. The number of aromatic nitrogens is 3. The molecule has 0 saturated heterocycles. The first-order chi connectivity index (χ1) is 9.61. The Morgan fingerprint density at radius 3 is 2.62 bits per heavy atom. The minimum absolute atomic E-state index is 0. The molecule has 0 fully saturated rings. The summed E-state index contributed by atoms with van der Waals surface area (Å²) in [5.74, 6) is -0.672. The van der Waals surface area contributed by atoms with Crippen LogP contribution in [0.25, 0.3) is 11.4 Å². The molecule has 0 unspecified atom stereocenters. The third-order valence-corrected chi connectivity index (χ3v) is 3.64. The van der Waals surface area contributed by atoms with Gasteiger partial charge in [-0.25, -0.2) is 0 Å². The number of hydrogen-bond donors (Lipinski definition) is 0. The zero-order valence-electron chi connectivity index (χ0n) is 11.5. The standard InChI is InChI=1S/C13H12ClN3O2S.Na/c1-2-7-17-12(9-3-5-10(14)6-4-9)15-16-13(17)20-8-11(18)19;/h2-6H,1,7-8H2,(H,18,19);/q;+1/p-1. The van der Waals surface area contributed by atoms with Gasteiger partial charge >= 0.3 is 29.6 Å². The Bertz CT molecular complexity index is 631. The maximum Gasteiger partial charge on any atom is 1.00 e.